The summed E-state index contributed by atoms with van der Waals surface area (Å²) in [6, 6.07) is 13.8. The summed E-state index contributed by atoms with van der Waals surface area (Å²) in [7, 11) is 0. The number of aromatic nitrogens is 1. The largest absolute Gasteiger partial charge is 0.417 e. The van der Waals surface area contributed by atoms with Gasteiger partial charge in [0.1, 0.15) is 0 Å². The van der Waals surface area contributed by atoms with Gasteiger partial charge in [-0.1, -0.05) is 18.2 Å². The number of H-pyrrole nitrogens is 1. The average molecular weight is 335 g/mol. The van der Waals surface area contributed by atoms with E-state index in [2.05, 4.69) is 16.0 Å². The van der Waals surface area contributed by atoms with Crippen molar-refractivity contribution in [1.29, 1.82) is 0 Å². The van der Waals surface area contributed by atoms with Crippen molar-refractivity contribution < 1.29 is 9.21 Å². The van der Waals surface area contributed by atoms with E-state index in [-0.39, 0.29) is 5.91 Å². The molecule has 1 fully saturated rings. The zero-order valence-corrected chi connectivity index (χ0v) is 13.6. The molecule has 1 saturated carbocycles. The number of para-hydroxylation sites is 3. The summed E-state index contributed by atoms with van der Waals surface area (Å²) < 4.78 is 5.08. The van der Waals surface area contributed by atoms with E-state index in [1.165, 1.54) is 12.8 Å². The monoisotopic (exact) mass is 335 g/mol. The maximum Gasteiger partial charge on any atom is 0.417 e. The van der Waals surface area contributed by atoms with Gasteiger partial charge in [0.25, 0.3) is 5.91 Å². The van der Waals surface area contributed by atoms with Crippen molar-refractivity contribution >= 4 is 28.4 Å². The van der Waals surface area contributed by atoms with Crippen LogP contribution in [0.5, 0.6) is 0 Å². The Morgan fingerprint density at radius 3 is 2.64 bits per heavy atom. The number of carbonyl (C=O) groups excluding carboxylic acids is 1. The minimum Gasteiger partial charge on any atom is -0.408 e. The van der Waals surface area contributed by atoms with Crippen LogP contribution in [0.2, 0.25) is 0 Å². The summed E-state index contributed by atoms with van der Waals surface area (Å²) in [4.78, 5) is 31.6. The molecule has 2 aliphatic rings. The van der Waals surface area contributed by atoms with Crippen molar-refractivity contribution in [1.82, 2.24) is 4.98 Å². The van der Waals surface area contributed by atoms with Crippen molar-refractivity contribution in [2.24, 2.45) is 0 Å². The third-order valence-corrected chi connectivity index (χ3v) is 4.97. The first-order chi connectivity index (χ1) is 12.2. The highest BCUT2D eigenvalue weighted by molar-refractivity contribution is 6.14. The van der Waals surface area contributed by atoms with Gasteiger partial charge in [0, 0.05) is 19.1 Å². The lowest BCUT2D eigenvalue weighted by atomic mass is 10.1. The Bertz CT molecular complexity index is 1030. The Balaban J connectivity index is 1.59. The van der Waals surface area contributed by atoms with E-state index in [4.69, 9.17) is 4.42 Å². The number of nitrogens with zero attached hydrogens (tertiary/aromatic N) is 2. The predicted molar refractivity (Wildman–Crippen MR) is 95.3 cm³/mol. The van der Waals surface area contributed by atoms with Crippen LogP contribution >= 0.6 is 0 Å². The summed E-state index contributed by atoms with van der Waals surface area (Å²) in [5.74, 6) is -0.667. The second-order valence-electron chi connectivity index (χ2n) is 6.56. The smallest absolute Gasteiger partial charge is 0.408 e. The van der Waals surface area contributed by atoms with Gasteiger partial charge >= 0.3 is 5.76 Å². The Kier molecular flexibility index (Phi) is 3.00. The van der Waals surface area contributed by atoms with Crippen molar-refractivity contribution in [2.75, 3.05) is 22.9 Å². The van der Waals surface area contributed by atoms with Crippen LogP contribution in [0.15, 0.2) is 51.7 Å². The Morgan fingerprint density at radius 2 is 1.84 bits per heavy atom. The minimum absolute atomic E-state index is 0.120. The number of carbonyl (C=O) groups is 1. The van der Waals surface area contributed by atoms with Crippen molar-refractivity contribution in [3.8, 4) is 0 Å². The first-order valence-corrected chi connectivity index (χ1v) is 8.52. The van der Waals surface area contributed by atoms with Gasteiger partial charge in [-0.2, -0.15) is 0 Å². The van der Waals surface area contributed by atoms with E-state index >= 15 is 0 Å². The van der Waals surface area contributed by atoms with Crippen molar-refractivity contribution in [3.63, 3.8) is 0 Å². The molecule has 1 aliphatic heterocycles. The molecule has 1 N–H and O–H groups in total. The third kappa shape index (κ3) is 2.25. The Labute approximate surface area is 143 Å². The fourth-order valence-corrected chi connectivity index (χ4v) is 3.66. The fraction of sp³-hybridized carbons (Fsp3) is 0.263. The van der Waals surface area contributed by atoms with Gasteiger partial charge < -0.3 is 14.2 Å². The zero-order chi connectivity index (χ0) is 17.0. The number of amides is 1. The standard InChI is InChI=1S/C19H17N3O3/c23-18(13-4-3-7-16-17(13)20-19(24)25-16)22-11-10-21(12-8-9-12)14-5-1-2-6-15(14)22/h1-7,12H,8-11H2,(H,20,24). The van der Waals surface area contributed by atoms with Gasteiger partial charge in [0.2, 0.25) is 0 Å². The van der Waals surface area contributed by atoms with Crippen molar-refractivity contribution in [2.45, 2.75) is 18.9 Å². The molecular formula is C19H17N3O3. The van der Waals surface area contributed by atoms with Gasteiger partial charge in [-0.25, -0.2) is 4.79 Å². The van der Waals surface area contributed by atoms with Crippen LogP contribution in [0.25, 0.3) is 11.1 Å². The maximum absolute atomic E-state index is 13.2. The molecule has 1 aromatic heterocycles. The third-order valence-electron chi connectivity index (χ3n) is 4.97. The molecule has 126 valence electrons. The number of hydrogen-bond donors (Lipinski definition) is 1. The van der Waals surface area contributed by atoms with E-state index < -0.39 is 5.76 Å². The number of hydrogen-bond acceptors (Lipinski definition) is 4. The van der Waals surface area contributed by atoms with Crippen LogP contribution in [-0.2, 0) is 0 Å². The lowest BCUT2D eigenvalue weighted by Gasteiger charge is -2.38. The summed E-state index contributed by atoms with van der Waals surface area (Å²) in [5, 5.41) is 0. The van der Waals surface area contributed by atoms with Gasteiger partial charge in [-0.3, -0.25) is 9.78 Å². The lowest BCUT2D eigenvalue weighted by Crippen LogP contribution is -2.45. The highest BCUT2D eigenvalue weighted by Gasteiger charge is 2.35. The topological polar surface area (TPSA) is 69.5 Å². The molecule has 0 unspecified atom stereocenters. The molecule has 1 aliphatic carbocycles. The highest BCUT2D eigenvalue weighted by Crippen LogP contribution is 2.40. The van der Waals surface area contributed by atoms with Gasteiger partial charge in [0.05, 0.1) is 22.5 Å². The van der Waals surface area contributed by atoms with E-state index in [1.807, 2.05) is 18.2 Å². The molecule has 2 heterocycles. The molecule has 0 radical (unpaired) electrons. The summed E-state index contributed by atoms with van der Waals surface area (Å²) in [6.45, 7) is 1.45. The normalized spacial score (nSPS) is 17.0. The highest BCUT2D eigenvalue weighted by atomic mass is 16.4. The molecule has 0 saturated heterocycles. The van der Waals surface area contributed by atoms with Crippen LogP contribution in [0.3, 0.4) is 0 Å². The fourth-order valence-electron chi connectivity index (χ4n) is 3.66. The predicted octanol–water partition coefficient (Wildman–Crippen LogP) is 2.75. The number of rotatable bonds is 2. The van der Waals surface area contributed by atoms with E-state index in [0.717, 1.165) is 17.9 Å². The summed E-state index contributed by atoms with van der Waals surface area (Å²) >= 11 is 0. The zero-order valence-electron chi connectivity index (χ0n) is 13.6. The first kappa shape index (κ1) is 14.3. The van der Waals surface area contributed by atoms with Crippen LogP contribution in [-0.4, -0.2) is 30.0 Å². The van der Waals surface area contributed by atoms with Gasteiger partial charge in [-0.05, 0) is 37.1 Å². The number of anilines is 2. The lowest BCUT2D eigenvalue weighted by molar-refractivity contribution is 0.0988. The average Bonchev–Trinajstić information content (AvgIpc) is 3.40. The molecular weight excluding hydrogens is 318 g/mol. The van der Waals surface area contributed by atoms with Crippen LogP contribution in [0, 0.1) is 0 Å². The quantitative estimate of drug-likeness (QED) is 0.782. The SMILES string of the molecule is O=C(c1cccc2oc(=O)[nH]c12)N1CCN(C2CC2)c2ccccc21. The molecule has 5 rings (SSSR count). The first-order valence-electron chi connectivity index (χ1n) is 8.52. The molecule has 3 aromatic rings. The molecule has 25 heavy (non-hydrogen) atoms. The minimum atomic E-state index is -0.547. The van der Waals surface area contributed by atoms with E-state index in [0.29, 0.717) is 29.2 Å². The van der Waals surface area contributed by atoms with E-state index in [1.54, 1.807) is 23.1 Å². The number of aromatic amines is 1. The molecule has 0 spiro atoms. The maximum atomic E-state index is 13.2. The Hall–Kier alpha value is -3.02. The van der Waals surface area contributed by atoms with Gasteiger partial charge in [-0.15, -0.1) is 0 Å². The van der Waals surface area contributed by atoms with Gasteiger partial charge in [0.15, 0.2) is 5.58 Å². The molecule has 6 nitrogen and oxygen atoms in total. The second kappa shape index (κ2) is 5.24. The summed E-state index contributed by atoms with van der Waals surface area (Å²) in [5.41, 5.74) is 3.35. The van der Waals surface area contributed by atoms with Crippen LogP contribution in [0.4, 0.5) is 11.4 Å². The van der Waals surface area contributed by atoms with Crippen molar-refractivity contribution in [3.05, 3.63) is 58.6 Å². The molecule has 0 bridgehead atoms. The number of nitrogens with one attached hydrogen (secondary N) is 1. The summed E-state index contributed by atoms with van der Waals surface area (Å²) in [6.07, 6.45) is 2.44. The van der Waals surface area contributed by atoms with E-state index in [9.17, 15) is 9.59 Å². The Morgan fingerprint density at radius 1 is 1.04 bits per heavy atom. The second-order valence-corrected chi connectivity index (χ2v) is 6.56. The molecule has 6 heteroatoms. The number of benzene rings is 2. The molecule has 1 amide bonds. The molecule has 2 aromatic carbocycles. The number of oxazole rings is 1. The molecule has 0 atom stereocenters. The number of fused-ring (bicyclic) bond motifs is 2. The van der Waals surface area contributed by atoms with Crippen LogP contribution < -0.4 is 15.6 Å². The van der Waals surface area contributed by atoms with Crippen LogP contribution in [0.1, 0.15) is 23.2 Å².